The summed E-state index contributed by atoms with van der Waals surface area (Å²) in [5.41, 5.74) is 10.6. The molecule has 0 aromatic heterocycles. The molecule has 1 rings (SSSR count). The molecule has 0 bridgehead atoms. The van der Waals surface area contributed by atoms with Gasteiger partial charge < -0.3 is 37.2 Å². The molecule has 0 aliphatic carbocycles. The van der Waals surface area contributed by atoms with Crippen LogP contribution >= 0.6 is 12.6 Å². The van der Waals surface area contributed by atoms with Crippen molar-refractivity contribution in [2.75, 3.05) is 12.3 Å². The Balaban J connectivity index is 2.85. The fourth-order valence-electron chi connectivity index (χ4n) is 3.04. The Labute approximate surface area is 183 Å². The highest BCUT2D eigenvalue weighted by atomic mass is 32.1. The number of rotatable bonds is 12. The van der Waals surface area contributed by atoms with E-state index >= 15 is 0 Å². The molecule has 1 heterocycles. The highest BCUT2D eigenvalue weighted by molar-refractivity contribution is 7.80. The number of carbonyl (C=O) groups excluding carboxylic acids is 4. The number of aliphatic carboxylic acids is 2. The number of carboxylic acids is 2. The number of carbonyl (C=O) groups is 6. The minimum atomic E-state index is -1.56. The number of carboxylic acid groups (broad SMARTS) is 2. The fourth-order valence-corrected chi connectivity index (χ4v) is 3.28. The van der Waals surface area contributed by atoms with Gasteiger partial charge in [-0.3, -0.25) is 24.0 Å². The highest BCUT2D eigenvalue weighted by Crippen LogP contribution is 2.19. The molecule has 174 valence electrons. The largest absolute Gasteiger partial charge is 0.481 e. The first-order valence-electron chi connectivity index (χ1n) is 9.48. The van der Waals surface area contributed by atoms with E-state index in [0.29, 0.717) is 6.42 Å². The van der Waals surface area contributed by atoms with Crippen molar-refractivity contribution in [2.24, 2.45) is 11.5 Å². The Bertz CT molecular complexity index is 733. The number of nitrogens with one attached hydrogen (secondary N) is 2. The Morgan fingerprint density at radius 3 is 2.19 bits per heavy atom. The second-order valence-electron chi connectivity index (χ2n) is 7.04. The smallest absolute Gasteiger partial charge is 0.326 e. The standard InChI is InChI=1S/C17H27N5O8S/c18-8(3-4-12(19)23)14(26)20-9(6-13(24)25)15(27)21-10(7-31)16(28)22-5-1-2-11(22)17(29)30/h8-11,31H,1-7,18H2,(H2,19,23)(H,20,26)(H,21,27)(H,24,25)(H,29,30). The molecule has 1 aliphatic rings. The molecule has 1 aliphatic heterocycles. The minimum Gasteiger partial charge on any atom is -0.481 e. The molecule has 0 aromatic rings. The normalized spacial score (nSPS) is 18.5. The van der Waals surface area contributed by atoms with Gasteiger partial charge in [0.25, 0.3) is 0 Å². The lowest BCUT2D eigenvalue weighted by Crippen LogP contribution is -2.58. The maximum Gasteiger partial charge on any atom is 0.326 e. The van der Waals surface area contributed by atoms with Gasteiger partial charge in [0.15, 0.2) is 0 Å². The van der Waals surface area contributed by atoms with Crippen molar-refractivity contribution in [1.29, 1.82) is 0 Å². The molecule has 0 aromatic carbocycles. The van der Waals surface area contributed by atoms with Crippen molar-refractivity contribution in [3.05, 3.63) is 0 Å². The first-order chi connectivity index (χ1) is 14.5. The van der Waals surface area contributed by atoms with E-state index in [1.54, 1.807) is 0 Å². The van der Waals surface area contributed by atoms with Crippen molar-refractivity contribution in [3.63, 3.8) is 0 Å². The Morgan fingerprint density at radius 1 is 1.06 bits per heavy atom. The lowest BCUT2D eigenvalue weighted by Gasteiger charge is -2.28. The monoisotopic (exact) mass is 461 g/mol. The van der Waals surface area contributed by atoms with Crippen molar-refractivity contribution in [2.45, 2.75) is 56.3 Å². The van der Waals surface area contributed by atoms with Crippen LogP contribution < -0.4 is 22.1 Å². The number of likely N-dealkylation sites (tertiary alicyclic amines) is 1. The molecule has 0 radical (unpaired) electrons. The van der Waals surface area contributed by atoms with E-state index in [4.69, 9.17) is 16.6 Å². The zero-order valence-corrected chi connectivity index (χ0v) is 17.5. The molecule has 14 heteroatoms. The SMILES string of the molecule is NC(=O)CCC(N)C(=O)NC(CC(=O)O)C(=O)NC(CS)C(=O)N1CCCC1C(=O)O. The van der Waals surface area contributed by atoms with Crippen LogP contribution in [0.2, 0.25) is 0 Å². The Hall–Kier alpha value is -2.87. The maximum atomic E-state index is 12.7. The third-order valence-corrected chi connectivity index (χ3v) is 5.03. The fraction of sp³-hybridized carbons (Fsp3) is 0.647. The molecular weight excluding hydrogens is 434 g/mol. The van der Waals surface area contributed by atoms with E-state index in [1.807, 2.05) is 0 Å². The van der Waals surface area contributed by atoms with Gasteiger partial charge in [-0.15, -0.1) is 0 Å². The zero-order chi connectivity index (χ0) is 23.7. The lowest BCUT2D eigenvalue weighted by molar-refractivity contribution is -0.149. The number of nitrogens with zero attached hydrogens (tertiary/aromatic N) is 1. The average molecular weight is 461 g/mol. The lowest BCUT2D eigenvalue weighted by atomic mass is 10.1. The van der Waals surface area contributed by atoms with Gasteiger partial charge in [-0.25, -0.2) is 4.79 Å². The van der Waals surface area contributed by atoms with Gasteiger partial charge in [0, 0.05) is 18.7 Å². The van der Waals surface area contributed by atoms with E-state index in [0.717, 1.165) is 4.90 Å². The van der Waals surface area contributed by atoms with Crippen molar-refractivity contribution < 1.29 is 39.0 Å². The third kappa shape index (κ3) is 8.05. The maximum absolute atomic E-state index is 12.7. The topological polar surface area (TPSA) is 222 Å². The third-order valence-electron chi connectivity index (χ3n) is 4.67. The summed E-state index contributed by atoms with van der Waals surface area (Å²) in [6.07, 6.45) is -0.325. The highest BCUT2D eigenvalue weighted by Gasteiger charge is 2.38. The summed E-state index contributed by atoms with van der Waals surface area (Å²) in [4.78, 5) is 71.8. The van der Waals surface area contributed by atoms with Crippen molar-refractivity contribution >= 4 is 48.2 Å². The number of hydrogen-bond donors (Lipinski definition) is 7. The van der Waals surface area contributed by atoms with Gasteiger partial charge in [0.2, 0.25) is 23.6 Å². The molecule has 4 atom stereocenters. The van der Waals surface area contributed by atoms with Crippen LogP contribution in [0.15, 0.2) is 0 Å². The van der Waals surface area contributed by atoms with Crippen LogP contribution in [0, 0.1) is 0 Å². The van der Waals surface area contributed by atoms with Crippen LogP contribution in [0.3, 0.4) is 0 Å². The molecule has 13 nitrogen and oxygen atoms in total. The summed E-state index contributed by atoms with van der Waals surface area (Å²) in [5.74, 6) is -5.95. The Kier molecular flexibility index (Phi) is 10.2. The summed E-state index contributed by atoms with van der Waals surface area (Å²) < 4.78 is 0. The summed E-state index contributed by atoms with van der Waals surface area (Å²) in [6, 6.07) is -5.02. The molecule has 8 N–H and O–H groups in total. The predicted molar refractivity (Wildman–Crippen MR) is 109 cm³/mol. The molecule has 4 unspecified atom stereocenters. The average Bonchev–Trinajstić information content (AvgIpc) is 3.18. The number of amides is 4. The van der Waals surface area contributed by atoms with Crippen LogP contribution in [0.4, 0.5) is 0 Å². The second-order valence-corrected chi connectivity index (χ2v) is 7.41. The van der Waals surface area contributed by atoms with Gasteiger partial charge >= 0.3 is 11.9 Å². The summed E-state index contributed by atoms with van der Waals surface area (Å²) in [6.45, 7) is 0.194. The van der Waals surface area contributed by atoms with E-state index in [-0.39, 0.29) is 31.6 Å². The summed E-state index contributed by atoms with van der Waals surface area (Å²) >= 11 is 4.01. The molecular formula is C17H27N5O8S. The van der Waals surface area contributed by atoms with Crippen LogP contribution in [0.25, 0.3) is 0 Å². The van der Waals surface area contributed by atoms with Crippen LogP contribution in [-0.2, 0) is 28.8 Å². The first-order valence-corrected chi connectivity index (χ1v) is 10.1. The van der Waals surface area contributed by atoms with Crippen molar-refractivity contribution in [3.8, 4) is 0 Å². The van der Waals surface area contributed by atoms with Crippen LogP contribution in [0.5, 0.6) is 0 Å². The summed E-state index contributed by atoms with van der Waals surface area (Å²) in [5, 5.41) is 22.8. The second kappa shape index (κ2) is 12.1. The van der Waals surface area contributed by atoms with Crippen LogP contribution in [0.1, 0.15) is 32.1 Å². The first kappa shape index (κ1) is 26.2. The van der Waals surface area contributed by atoms with Gasteiger partial charge in [0.1, 0.15) is 18.1 Å². The number of thiol groups is 1. The number of primary amides is 1. The number of hydrogen-bond acceptors (Lipinski definition) is 8. The van der Waals surface area contributed by atoms with Gasteiger partial charge in [0.05, 0.1) is 12.5 Å². The van der Waals surface area contributed by atoms with E-state index < -0.39 is 66.2 Å². The number of nitrogens with two attached hydrogens (primary N) is 2. The van der Waals surface area contributed by atoms with Gasteiger partial charge in [-0.1, -0.05) is 0 Å². The van der Waals surface area contributed by atoms with Crippen LogP contribution in [-0.4, -0.2) is 87.1 Å². The Morgan fingerprint density at radius 2 is 1.68 bits per heavy atom. The molecule has 1 fully saturated rings. The quantitative estimate of drug-likeness (QED) is 0.147. The molecule has 0 spiro atoms. The van der Waals surface area contributed by atoms with Gasteiger partial charge in [-0.05, 0) is 19.3 Å². The van der Waals surface area contributed by atoms with E-state index in [9.17, 15) is 33.9 Å². The molecule has 31 heavy (non-hydrogen) atoms. The van der Waals surface area contributed by atoms with E-state index in [1.165, 1.54) is 0 Å². The van der Waals surface area contributed by atoms with E-state index in [2.05, 4.69) is 23.3 Å². The molecule has 4 amide bonds. The van der Waals surface area contributed by atoms with Crippen molar-refractivity contribution in [1.82, 2.24) is 15.5 Å². The minimum absolute atomic E-state index is 0.105. The molecule has 0 saturated carbocycles. The zero-order valence-electron chi connectivity index (χ0n) is 16.7. The summed E-state index contributed by atoms with van der Waals surface area (Å²) in [7, 11) is 0. The van der Waals surface area contributed by atoms with Gasteiger partial charge in [-0.2, -0.15) is 12.6 Å². The molecule has 1 saturated heterocycles. The predicted octanol–water partition coefficient (Wildman–Crippen LogP) is -2.97.